The maximum absolute atomic E-state index is 6.00. The molecular weight excluding hydrogens is 274 g/mol. The highest BCUT2D eigenvalue weighted by Gasteiger charge is 2.16. The molecule has 0 amide bonds. The van der Waals surface area contributed by atoms with Crippen molar-refractivity contribution >= 4 is 34.2 Å². The zero-order chi connectivity index (χ0) is 14.9. The second-order valence-electron chi connectivity index (χ2n) is 5.84. The van der Waals surface area contributed by atoms with Crippen molar-refractivity contribution in [3.63, 3.8) is 0 Å². The van der Waals surface area contributed by atoms with Gasteiger partial charge in [-0.2, -0.15) is 0 Å². The maximum Gasteiger partial charge on any atom is 0.126 e. The predicted molar refractivity (Wildman–Crippen MR) is 92.4 cm³/mol. The molecule has 1 saturated heterocycles. The van der Waals surface area contributed by atoms with Crippen molar-refractivity contribution in [2.75, 3.05) is 30.7 Å². The third-order valence-corrected chi connectivity index (χ3v) is 4.26. The summed E-state index contributed by atoms with van der Waals surface area (Å²) in [6.07, 6.45) is 5.04. The van der Waals surface area contributed by atoms with Crippen molar-refractivity contribution in [1.29, 1.82) is 0 Å². The van der Waals surface area contributed by atoms with Crippen molar-refractivity contribution in [3.05, 3.63) is 35.9 Å². The van der Waals surface area contributed by atoms with Crippen LogP contribution in [0.3, 0.4) is 0 Å². The SMILES string of the molecule is Nc1cc(N[C@@H]2CCNC2)c2ccc(C3=CC=NC3)cc2n1. The van der Waals surface area contributed by atoms with Crippen molar-refractivity contribution in [2.45, 2.75) is 12.5 Å². The Morgan fingerprint density at radius 3 is 3.00 bits per heavy atom. The van der Waals surface area contributed by atoms with Crippen LogP contribution in [-0.4, -0.2) is 36.9 Å². The van der Waals surface area contributed by atoms with E-state index in [0.29, 0.717) is 11.9 Å². The normalized spacial score (nSPS) is 20.5. The Kier molecular flexibility index (Phi) is 3.27. The van der Waals surface area contributed by atoms with Crippen LogP contribution < -0.4 is 16.4 Å². The summed E-state index contributed by atoms with van der Waals surface area (Å²) in [4.78, 5) is 8.74. The lowest BCUT2D eigenvalue weighted by Gasteiger charge is -2.16. The molecule has 0 saturated carbocycles. The zero-order valence-electron chi connectivity index (χ0n) is 12.3. The Labute approximate surface area is 129 Å². The topological polar surface area (TPSA) is 75.3 Å². The molecule has 3 heterocycles. The fraction of sp³-hybridized carbons (Fsp3) is 0.294. The summed E-state index contributed by atoms with van der Waals surface area (Å²) in [5.41, 5.74) is 10.4. The zero-order valence-corrected chi connectivity index (χ0v) is 12.3. The van der Waals surface area contributed by atoms with Crippen LogP contribution in [0.5, 0.6) is 0 Å². The Hall–Kier alpha value is -2.40. The van der Waals surface area contributed by atoms with Gasteiger partial charge >= 0.3 is 0 Å². The van der Waals surface area contributed by atoms with Gasteiger partial charge in [0.15, 0.2) is 0 Å². The molecule has 2 aliphatic rings. The van der Waals surface area contributed by atoms with E-state index in [1.807, 2.05) is 12.3 Å². The number of aromatic nitrogens is 1. The third kappa shape index (κ3) is 2.44. The summed E-state index contributed by atoms with van der Waals surface area (Å²) in [7, 11) is 0. The lowest BCUT2D eigenvalue weighted by atomic mass is 10.0. The van der Waals surface area contributed by atoms with Crippen LogP contribution in [0.1, 0.15) is 12.0 Å². The molecule has 4 rings (SSSR count). The molecule has 1 aromatic heterocycles. The number of hydrogen-bond acceptors (Lipinski definition) is 5. The number of fused-ring (bicyclic) bond motifs is 1. The standard InChI is InChI=1S/C17H19N5/c18-17-8-16(21-13-4-6-20-10-13)14-2-1-11(7-15(14)22-17)12-3-5-19-9-12/h1-3,5,7-8,13,20H,4,6,9-10H2,(H3,18,21,22)/t13-/m1/s1. The third-order valence-electron chi connectivity index (χ3n) is 4.26. The molecule has 0 aliphatic carbocycles. The van der Waals surface area contributed by atoms with Crippen LogP contribution in [0.4, 0.5) is 11.5 Å². The molecule has 0 unspecified atom stereocenters. The van der Waals surface area contributed by atoms with Crippen molar-refractivity contribution < 1.29 is 0 Å². The highest BCUT2D eigenvalue weighted by Crippen LogP contribution is 2.29. The molecule has 0 radical (unpaired) electrons. The molecule has 1 atom stereocenters. The fourth-order valence-corrected chi connectivity index (χ4v) is 3.10. The van der Waals surface area contributed by atoms with Crippen molar-refractivity contribution in [3.8, 4) is 0 Å². The number of nitrogens with two attached hydrogens (primary N) is 1. The number of nitrogens with zero attached hydrogens (tertiary/aromatic N) is 2. The maximum atomic E-state index is 6.00. The first-order valence-electron chi connectivity index (χ1n) is 7.66. The average molecular weight is 293 g/mol. The fourth-order valence-electron chi connectivity index (χ4n) is 3.10. The summed E-state index contributed by atoms with van der Waals surface area (Å²) >= 11 is 0. The number of benzene rings is 1. The lowest BCUT2D eigenvalue weighted by Crippen LogP contribution is -2.22. The van der Waals surface area contributed by atoms with Crippen molar-refractivity contribution in [1.82, 2.24) is 10.3 Å². The molecule has 0 bridgehead atoms. The minimum Gasteiger partial charge on any atom is -0.384 e. The Balaban J connectivity index is 1.73. The first kappa shape index (κ1) is 13.3. The number of aliphatic imine (C=N–C) groups is 1. The molecule has 2 aliphatic heterocycles. The van der Waals surface area contributed by atoms with Crippen LogP contribution >= 0.6 is 0 Å². The number of nitrogens with one attached hydrogen (secondary N) is 2. The van der Waals surface area contributed by atoms with Crippen LogP contribution in [0.25, 0.3) is 16.5 Å². The molecule has 4 N–H and O–H groups in total. The van der Waals surface area contributed by atoms with Gasteiger partial charge in [-0.3, -0.25) is 4.99 Å². The molecule has 5 heteroatoms. The molecule has 22 heavy (non-hydrogen) atoms. The molecule has 0 spiro atoms. The summed E-state index contributed by atoms with van der Waals surface area (Å²) < 4.78 is 0. The highest BCUT2D eigenvalue weighted by atomic mass is 15.0. The lowest BCUT2D eigenvalue weighted by molar-refractivity contribution is 0.794. The van der Waals surface area contributed by atoms with E-state index < -0.39 is 0 Å². The van der Waals surface area contributed by atoms with Crippen LogP contribution in [0.2, 0.25) is 0 Å². The van der Waals surface area contributed by atoms with E-state index in [2.05, 4.69) is 44.9 Å². The first-order chi connectivity index (χ1) is 10.8. The van der Waals surface area contributed by atoms with Crippen LogP contribution in [0, 0.1) is 0 Å². The van der Waals surface area contributed by atoms with Gasteiger partial charge in [0.2, 0.25) is 0 Å². The van der Waals surface area contributed by atoms with Gasteiger partial charge in [-0.25, -0.2) is 4.98 Å². The van der Waals surface area contributed by atoms with Crippen LogP contribution in [0.15, 0.2) is 35.3 Å². The second kappa shape index (κ2) is 5.42. The molecule has 5 nitrogen and oxygen atoms in total. The second-order valence-corrected chi connectivity index (χ2v) is 5.84. The quantitative estimate of drug-likeness (QED) is 0.809. The predicted octanol–water partition coefficient (Wildman–Crippen LogP) is 2.06. The Bertz CT molecular complexity index is 772. The van der Waals surface area contributed by atoms with Crippen molar-refractivity contribution in [2.24, 2.45) is 4.99 Å². The highest BCUT2D eigenvalue weighted by molar-refractivity contribution is 5.97. The largest absolute Gasteiger partial charge is 0.384 e. The van der Waals surface area contributed by atoms with Gasteiger partial charge in [0, 0.05) is 35.9 Å². The van der Waals surface area contributed by atoms with Gasteiger partial charge in [0.25, 0.3) is 0 Å². The number of rotatable bonds is 3. The monoisotopic (exact) mass is 293 g/mol. The molecule has 1 fully saturated rings. The van der Waals surface area contributed by atoms with Gasteiger partial charge < -0.3 is 16.4 Å². The summed E-state index contributed by atoms with van der Waals surface area (Å²) in [5.74, 6) is 0.551. The number of pyridine rings is 1. The minimum absolute atomic E-state index is 0.454. The molecular formula is C17H19N5. The molecule has 1 aromatic carbocycles. The number of anilines is 2. The van der Waals surface area contributed by atoms with Gasteiger partial charge in [0.05, 0.1) is 12.1 Å². The van der Waals surface area contributed by atoms with Gasteiger partial charge in [-0.05, 0) is 36.2 Å². The van der Waals surface area contributed by atoms with E-state index in [9.17, 15) is 0 Å². The average Bonchev–Trinajstić information content (AvgIpc) is 3.20. The van der Waals surface area contributed by atoms with E-state index >= 15 is 0 Å². The Morgan fingerprint density at radius 1 is 1.27 bits per heavy atom. The summed E-state index contributed by atoms with van der Waals surface area (Å²) in [6.45, 7) is 2.80. The van der Waals surface area contributed by atoms with E-state index in [1.54, 1.807) is 0 Å². The molecule has 2 aromatic rings. The van der Waals surface area contributed by atoms with E-state index in [4.69, 9.17) is 5.73 Å². The first-order valence-corrected chi connectivity index (χ1v) is 7.66. The smallest absolute Gasteiger partial charge is 0.126 e. The van der Waals surface area contributed by atoms with Gasteiger partial charge in [-0.15, -0.1) is 0 Å². The van der Waals surface area contributed by atoms with Gasteiger partial charge in [-0.1, -0.05) is 12.1 Å². The van der Waals surface area contributed by atoms with Gasteiger partial charge in [0.1, 0.15) is 5.82 Å². The Morgan fingerprint density at radius 2 is 2.23 bits per heavy atom. The number of nitrogen functional groups attached to an aromatic ring is 1. The van der Waals surface area contributed by atoms with Crippen LogP contribution in [-0.2, 0) is 0 Å². The summed E-state index contributed by atoms with van der Waals surface area (Å²) in [6, 6.07) is 8.75. The van der Waals surface area contributed by atoms with E-state index in [-0.39, 0.29) is 0 Å². The molecule has 112 valence electrons. The number of allylic oxidation sites excluding steroid dienone is 1. The van der Waals surface area contributed by atoms with E-state index in [1.165, 1.54) is 5.57 Å². The van der Waals surface area contributed by atoms with E-state index in [0.717, 1.165) is 48.2 Å². The number of hydrogen-bond donors (Lipinski definition) is 3. The summed E-state index contributed by atoms with van der Waals surface area (Å²) in [5, 5.41) is 8.08. The minimum atomic E-state index is 0.454.